The average molecular weight is 333 g/mol. The Labute approximate surface area is 143 Å². The number of rotatable bonds is 3. The van der Waals surface area contributed by atoms with Crippen LogP contribution in [0.15, 0.2) is 59.7 Å². The van der Waals surface area contributed by atoms with E-state index in [-0.39, 0.29) is 5.88 Å². The fraction of sp³-hybridized carbons (Fsp3) is 0.0526. The molecule has 0 spiro atoms. The lowest BCUT2D eigenvalue weighted by molar-refractivity contribution is 0.454. The molecule has 2 heterocycles. The van der Waals surface area contributed by atoms with E-state index in [4.69, 9.17) is 12.2 Å². The first-order chi connectivity index (χ1) is 11.7. The number of nitrogens with one attached hydrogen (secondary N) is 1. The average Bonchev–Trinajstić information content (AvgIpc) is 3.15. The van der Waals surface area contributed by atoms with Crippen LogP contribution in [0.4, 0.5) is 0 Å². The molecule has 0 aliphatic carbocycles. The zero-order valence-corrected chi connectivity index (χ0v) is 13.6. The van der Waals surface area contributed by atoms with Gasteiger partial charge in [-0.2, -0.15) is 0 Å². The Morgan fingerprint density at radius 2 is 2.00 bits per heavy atom. The van der Waals surface area contributed by atoms with E-state index in [1.807, 2.05) is 65.3 Å². The zero-order valence-electron chi connectivity index (χ0n) is 12.8. The molecule has 118 valence electrons. The Balaban J connectivity index is 1.81. The molecular formula is C19H15N3OS. The van der Waals surface area contributed by atoms with Gasteiger partial charge in [0.2, 0.25) is 5.88 Å². The number of aromatic nitrogens is 2. The first-order valence-electron chi connectivity index (χ1n) is 7.62. The molecule has 24 heavy (non-hydrogen) atoms. The van der Waals surface area contributed by atoms with Gasteiger partial charge >= 0.3 is 0 Å². The van der Waals surface area contributed by atoms with Gasteiger partial charge in [0.05, 0.1) is 11.9 Å². The minimum Gasteiger partial charge on any atom is -0.493 e. The summed E-state index contributed by atoms with van der Waals surface area (Å²) in [6.45, 7) is 0.600. The van der Waals surface area contributed by atoms with Crippen molar-refractivity contribution in [2.75, 3.05) is 0 Å². The molecule has 0 atom stereocenters. The van der Waals surface area contributed by atoms with Gasteiger partial charge in [-0.3, -0.25) is 4.99 Å². The summed E-state index contributed by atoms with van der Waals surface area (Å²) >= 11 is 5.36. The minimum absolute atomic E-state index is 0.0802. The molecule has 0 unspecified atom stereocenters. The van der Waals surface area contributed by atoms with E-state index in [1.165, 1.54) is 0 Å². The Bertz CT molecular complexity index is 1110. The Morgan fingerprint density at radius 1 is 1.17 bits per heavy atom. The summed E-state index contributed by atoms with van der Waals surface area (Å²) in [6.07, 6.45) is 5.69. The van der Waals surface area contributed by atoms with Crippen molar-refractivity contribution in [1.82, 2.24) is 9.55 Å². The molecule has 0 bridgehead atoms. The van der Waals surface area contributed by atoms with Crippen LogP contribution in [0.1, 0.15) is 16.8 Å². The Morgan fingerprint density at radius 3 is 2.83 bits per heavy atom. The first kappa shape index (κ1) is 14.7. The van der Waals surface area contributed by atoms with Crippen molar-refractivity contribution >= 4 is 24.4 Å². The molecular weight excluding hydrogens is 318 g/mol. The molecule has 5 heteroatoms. The van der Waals surface area contributed by atoms with Crippen LogP contribution in [-0.4, -0.2) is 14.7 Å². The van der Waals surface area contributed by atoms with Crippen molar-refractivity contribution in [3.05, 3.63) is 86.9 Å². The van der Waals surface area contributed by atoms with Gasteiger partial charge in [-0.05, 0) is 47.3 Å². The topological polar surface area (TPSA) is 53.3 Å². The maximum atomic E-state index is 10.2. The van der Waals surface area contributed by atoms with Gasteiger partial charge in [-0.15, -0.1) is 0 Å². The number of hydrogen-bond acceptors (Lipinski definition) is 3. The highest BCUT2D eigenvalue weighted by Crippen LogP contribution is 2.18. The normalized spacial score (nSPS) is 13.1. The fourth-order valence-corrected chi connectivity index (χ4v) is 3.07. The summed E-state index contributed by atoms with van der Waals surface area (Å²) in [5.41, 5.74) is 2.87. The summed E-state index contributed by atoms with van der Waals surface area (Å²) in [4.78, 5) is 7.11. The second-order valence-electron chi connectivity index (χ2n) is 5.64. The molecule has 1 aromatic heterocycles. The van der Waals surface area contributed by atoms with Gasteiger partial charge in [0.1, 0.15) is 5.69 Å². The standard InChI is InChI=1S/C19H15N3OS/c23-18-17(11-14-6-7-16-15(10-14)8-9-20-16)22(19(24)21-18)12-13-4-2-1-3-5-13/h1-11,23H,12H2,(H,21,24). The highest BCUT2D eigenvalue weighted by Gasteiger charge is 2.09. The predicted octanol–water partition coefficient (Wildman–Crippen LogP) is 2.73. The third-order valence-electron chi connectivity index (χ3n) is 4.01. The van der Waals surface area contributed by atoms with Crippen LogP contribution in [0.2, 0.25) is 0 Å². The van der Waals surface area contributed by atoms with Crippen molar-refractivity contribution < 1.29 is 5.11 Å². The van der Waals surface area contributed by atoms with Crippen LogP contribution in [0.25, 0.3) is 12.2 Å². The highest BCUT2D eigenvalue weighted by atomic mass is 32.1. The molecule has 2 aromatic carbocycles. The monoisotopic (exact) mass is 333 g/mol. The first-order valence-corrected chi connectivity index (χ1v) is 8.03. The fourth-order valence-electron chi connectivity index (χ4n) is 2.81. The summed E-state index contributed by atoms with van der Waals surface area (Å²) in [5, 5.41) is 12.2. The smallest absolute Gasteiger partial charge is 0.215 e. The van der Waals surface area contributed by atoms with Crippen LogP contribution < -0.4 is 10.6 Å². The van der Waals surface area contributed by atoms with E-state index in [0.29, 0.717) is 17.0 Å². The number of hydrogen-bond donors (Lipinski definition) is 2. The largest absolute Gasteiger partial charge is 0.493 e. The molecule has 4 rings (SSSR count). The summed E-state index contributed by atoms with van der Waals surface area (Å²) in [6, 6.07) is 16.0. The van der Waals surface area contributed by atoms with Gasteiger partial charge < -0.3 is 14.7 Å². The van der Waals surface area contributed by atoms with Gasteiger partial charge in [0.15, 0.2) is 4.77 Å². The van der Waals surface area contributed by atoms with Crippen LogP contribution in [-0.2, 0) is 6.54 Å². The molecule has 1 aliphatic heterocycles. The van der Waals surface area contributed by atoms with Crippen LogP contribution in [0.5, 0.6) is 5.88 Å². The molecule has 0 saturated carbocycles. The van der Waals surface area contributed by atoms with E-state index in [0.717, 1.165) is 21.7 Å². The maximum absolute atomic E-state index is 10.2. The van der Waals surface area contributed by atoms with Crippen LogP contribution >= 0.6 is 12.2 Å². The molecule has 2 N–H and O–H groups in total. The lowest BCUT2D eigenvalue weighted by Crippen LogP contribution is -2.11. The van der Waals surface area contributed by atoms with Crippen molar-refractivity contribution in [3.8, 4) is 5.88 Å². The van der Waals surface area contributed by atoms with Crippen molar-refractivity contribution in [1.29, 1.82) is 0 Å². The number of aromatic amines is 1. The second kappa shape index (κ2) is 5.94. The van der Waals surface area contributed by atoms with Gasteiger partial charge in [0, 0.05) is 11.8 Å². The minimum atomic E-state index is 0.0802. The molecule has 1 aliphatic rings. The van der Waals surface area contributed by atoms with Crippen molar-refractivity contribution in [3.63, 3.8) is 0 Å². The molecule has 0 amide bonds. The van der Waals surface area contributed by atoms with Gasteiger partial charge in [-0.1, -0.05) is 36.4 Å². The lowest BCUT2D eigenvalue weighted by atomic mass is 10.1. The Hall–Kier alpha value is -2.92. The number of imidazole rings is 1. The number of nitrogens with zero attached hydrogens (tertiary/aromatic N) is 2. The van der Waals surface area contributed by atoms with E-state index >= 15 is 0 Å². The molecule has 3 aromatic rings. The number of fused-ring (bicyclic) bond motifs is 1. The van der Waals surface area contributed by atoms with E-state index in [1.54, 1.807) is 6.20 Å². The van der Waals surface area contributed by atoms with E-state index in [2.05, 4.69) is 9.98 Å². The second-order valence-corrected chi connectivity index (χ2v) is 6.03. The van der Waals surface area contributed by atoms with Crippen molar-refractivity contribution in [2.24, 2.45) is 4.99 Å². The summed E-state index contributed by atoms with van der Waals surface area (Å²) in [7, 11) is 0. The summed E-state index contributed by atoms with van der Waals surface area (Å²) in [5.74, 6) is 0.0802. The number of H-pyrrole nitrogens is 1. The predicted molar refractivity (Wildman–Crippen MR) is 96.6 cm³/mol. The van der Waals surface area contributed by atoms with E-state index < -0.39 is 0 Å². The Kier molecular flexibility index (Phi) is 3.63. The molecule has 0 fully saturated rings. The summed E-state index contributed by atoms with van der Waals surface area (Å²) < 4.78 is 2.40. The zero-order chi connectivity index (χ0) is 16.5. The molecule has 0 saturated heterocycles. The molecule has 4 nitrogen and oxygen atoms in total. The molecule has 0 radical (unpaired) electrons. The number of aromatic hydroxyl groups is 1. The van der Waals surface area contributed by atoms with Crippen LogP contribution in [0.3, 0.4) is 0 Å². The van der Waals surface area contributed by atoms with Gasteiger partial charge in [-0.25, -0.2) is 0 Å². The third-order valence-corrected chi connectivity index (χ3v) is 4.33. The van der Waals surface area contributed by atoms with Crippen LogP contribution in [0, 0.1) is 4.77 Å². The quantitative estimate of drug-likeness (QED) is 0.724. The van der Waals surface area contributed by atoms with Crippen molar-refractivity contribution in [2.45, 2.75) is 6.54 Å². The third kappa shape index (κ3) is 2.70. The maximum Gasteiger partial charge on any atom is 0.215 e. The number of benzene rings is 2. The van der Waals surface area contributed by atoms with Gasteiger partial charge in [0.25, 0.3) is 0 Å². The SMILES string of the molecule is Oc1[nH]c(=S)n(Cc2ccccc2)c1C=c1ccc2c(c1)C=CN=2. The van der Waals surface area contributed by atoms with E-state index in [9.17, 15) is 5.11 Å². The lowest BCUT2D eigenvalue weighted by Gasteiger charge is -2.06. The highest BCUT2D eigenvalue weighted by molar-refractivity contribution is 7.71.